The second-order valence-electron chi connectivity index (χ2n) is 8.13. The van der Waals surface area contributed by atoms with Gasteiger partial charge in [0.1, 0.15) is 17.6 Å². The Morgan fingerprint density at radius 2 is 1.90 bits per heavy atom. The minimum Gasteiger partial charge on any atom is -0.368 e. The van der Waals surface area contributed by atoms with Crippen LogP contribution in [-0.4, -0.2) is 51.4 Å². The summed E-state index contributed by atoms with van der Waals surface area (Å²) in [6.45, 7) is 5.40. The summed E-state index contributed by atoms with van der Waals surface area (Å²) < 4.78 is 0. The maximum atomic E-state index is 13.0. The van der Waals surface area contributed by atoms with Crippen molar-refractivity contribution in [2.75, 3.05) is 12.0 Å². The van der Waals surface area contributed by atoms with E-state index in [-0.39, 0.29) is 36.2 Å². The Balaban J connectivity index is 2.91. The summed E-state index contributed by atoms with van der Waals surface area (Å²) in [5.41, 5.74) is 6.20. The summed E-state index contributed by atoms with van der Waals surface area (Å²) >= 11 is 1.56. The highest BCUT2D eigenvalue weighted by molar-refractivity contribution is 7.98. The van der Waals surface area contributed by atoms with Crippen molar-refractivity contribution in [2.24, 2.45) is 23.5 Å². The number of thioether (sulfide) groups is 1. The fourth-order valence-corrected chi connectivity index (χ4v) is 3.85. The van der Waals surface area contributed by atoms with E-state index in [1.165, 1.54) is 13.3 Å². The molecule has 0 fully saturated rings. The molecule has 1 aromatic heterocycles. The molecule has 3 unspecified atom stereocenters. The first kappa shape index (κ1) is 25.9. The van der Waals surface area contributed by atoms with Gasteiger partial charge in [0, 0.05) is 36.6 Å². The Kier molecular flexibility index (Phi) is 11.4. The van der Waals surface area contributed by atoms with E-state index in [4.69, 9.17) is 5.73 Å². The standard InChI is InChI=1S/C21H34N4O4S/c1-13(2)7-16(21(29)25-18(20(22)28)5-6-30-4)10-19(27)15(8-14(3)26)9-17-11-23-12-24-17/h11-13,15-16,18H,5-10H2,1-4H3,(H2,22,28)(H,23,24)(H,25,29). The van der Waals surface area contributed by atoms with Crippen LogP contribution in [0.3, 0.4) is 0 Å². The molecule has 1 rings (SSSR count). The van der Waals surface area contributed by atoms with Crippen molar-refractivity contribution in [3.63, 3.8) is 0 Å². The summed E-state index contributed by atoms with van der Waals surface area (Å²) in [7, 11) is 0. The van der Waals surface area contributed by atoms with E-state index in [9.17, 15) is 19.2 Å². The van der Waals surface area contributed by atoms with Crippen molar-refractivity contribution >= 4 is 35.1 Å². The predicted octanol–water partition coefficient (Wildman–Crippen LogP) is 1.89. The zero-order chi connectivity index (χ0) is 22.7. The number of H-pyrrole nitrogens is 1. The SMILES string of the molecule is CSCCC(NC(=O)C(CC(=O)C(CC(C)=O)Cc1cnc[nH]1)CC(C)C)C(N)=O. The quantitative estimate of drug-likeness (QED) is 0.383. The zero-order valence-corrected chi connectivity index (χ0v) is 19.1. The maximum absolute atomic E-state index is 13.0. The molecule has 0 spiro atoms. The van der Waals surface area contributed by atoms with E-state index in [2.05, 4.69) is 15.3 Å². The minimum atomic E-state index is -0.757. The zero-order valence-electron chi connectivity index (χ0n) is 18.3. The molecule has 0 aliphatic heterocycles. The fourth-order valence-electron chi connectivity index (χ4n) is 3.38. The van der Waals surface area contributed by atoms with Crippen molar-refractivity contribution in [2.45, 2.75) is 58.9 Å². The Morgan fingerprint density at radius 3 is 2.40 bits per heavy atom. The van der Waals surface area contributed by atoms with Gasteiger partial charge < -0.3 is 20.8 Å². The Morgan fingerprint density at radius 1 is 1.20 bits per heavy atom. The molecule has 1 aromatic rings. The van der Waals surface area contributed by atoms with E-state index >= 15 is 0 Å². The topological polar surface area (TPSA) is 135 Å². The third-order valence-corrected chi connectivity index (χ3v) is 5.50. The molecule has 8 nitrogen and oxygen atoms in total. The first-order valence-corrected chi connectivity index (χ1v) is 11.6. The number of nitrogens with zero attached hydrogens (tertiary/aromatic N) is 1. The van der Waals surface area contributed by atoms with Crippen molar-refractivity contribution < 1.29 is 19.2 Å². The van der Waals surface area contributed by atoms with Crippen LogP contribution in [0.4, 0.5) is 0 Å². The van der Waals surface area contributed by atoms with E-state index in [1.807, 2.05) is 20.1 Å². The number of nitrogens with one attached hydrogen (secondary N) is 2. The molecule has 0 saturated carbocycles. The molecular weight excluding hydrogens is 404 g/mol. The normalized spacial score (nSPS) is 14.2. The van der Waals surface area contributed by atoms with Crippen LogP contribution in [0.15, 0.2) is 12.5 Å². The number of carbonyl (C=O) groups excluding carboxylic acids is 4. The molecule has 3 atom stereocenters. The van der Waals surface area contributed by atoms with Crippen LogP contribution in [-0.2, 0) is 25.6 Å². The number of primary amides is 1. The smallest absolute Gasteiger partial charge is 0.240 e. The average molecular weight is 439 g/mol. The van der Waals surface area contributed by atoms with E-state index in [0.29, 0.717) is 25.0 Å². The van der Waals surface area contributed by atoms with Gasteiger partial charge in [-0.3, -0.25) is 14.4 Å². The van der Waals surface area contributed by atoms with Gasteiger partial charge in [-0.15, -0.1) is 0 Å². The molecular formula is C21H34N4O4S. The van der Waals surface area contributed by atoms with Crippen LogP contribution < -0.4 is 11.1 Å². The lowest BCUT2D eigenvalue weighted by atomic mass is 9.84. The van der Waals surface area contributed by atoms with Crippen molar-refractivity contribution in [3.8, 4) is 0 Å². The van der Waals surface area contributed by atoms with Crippen LogP contribution in [0.2, 0.25) is 0 Å². The Hall–Kier alpha value is -2.16. The number of rotatable bonds is 15. The molecule has 168 valence electrons. The first-order chi connectivity index (χ1) is 14.1. The van der Waals surface area contributed by atoms with Gasteiger partial charge in [0.05, 0.1) is 6.33 Å². The van der Waals surface area contributed by atoms with E-state index < -0.39 is 23.8 Å². The summed E-state index contributed by atoms with van der Waals surface area (Å²) in [5.74, 6) is -1.37. The third kappa shape index (κ3) is 9.56. The highest BCUT2D eigenvalue weighted by Gasteiger charge is 2.30. The number of aromatic amines is 1. The van der Waals surface area contributed by atoms with Gasteiger partial charge in [0.15, 0.2) is 0 Å². The van der Waals surface area contributed by atoms with E-state index in [1.54, 1.807) is 18.0 Å². The number of nitrogens with two attached hydrogens (primary N) is 1. The van der Waals surface area contributed by atoms with Gasteiger partial charge in [0.2, 0.25) is 11.8 Å². The molecule has 2 amide bonds. The van der Waals surface area contributed by atoms with Crippen LogP contribution in [0.1, 0.15) is 52.1 Å². The summed E-state index contributed by atoms with van der Waals surface area (Å²) in [4.78, 5) is 56.2. The number of carbonyl (C=O) groups is 4. The summed E-state index contributed by atoms with van der Waals surface area (Å²) in [6, 6.07) is -0.757. The first-order valence-electron chi connectivity index (χ1n) is 10.2. The van der Waals surface area contributed by atoms with Gasteiger partial charge in [-0.2, -0.15) is 11.8 Å². The third-order valence-electron chi connectivity index (χ3n) is 4.86. The van der Waals surface area contributed by atoms with Gasteiger partial charge in [-0.05, 0) is 44.1 Å². The number of amides is 2. The molecule has 0 bridgehead atoms. The lowest BCUT2D eigenvalue weighted by Gasteiger charge is -2.23. The van der Waals surface area contributed by atoms with Crippen LogP contribution >= 0.6 is 11.8 Å². The van der Waals surface area contributed by atoms with E-state index in [0.717, 1.165) is 5.69 Å². The molecule has 0 aliphatic rings. The van der Waals surface area contributed by atoms with Gasteiger partial charge >= 0.3 is 0 Å². The monoisotopic (exact) mass is 438 g/mol. The molecule has 0 saturated heterocycles. The minimum absolute atomic E-state index is 0.0180. The lowest BCUT2D eigenvalue weighted by molar-refractivity contribution is -0.134. The lowest BCUT2D eigenvalue weighted by Crippen LogP contribution is -2.47. The fraction of sp³-hybridized carbons (Fsp3) is 0.667. The molecule has 0 radical (unpaired) electrons. The van der Waals surface area contributed by atoms with Gasteiger partial charge in [-0.25, -0.2) is 4.98 Å². The second kappa shape index (κ2) is 13.2. The Labute approximate surface area is 182 Å². The molecule has 0 aliphatic carbocycles. The second-order valence-corrected chi connectivity index (χ2v) is 9.11. The van der Waals surface area contributed by atoms with Crippen LogP contribution in [0, 0.1) is 17.8 Å². The predicted molar refractivity (Wildman–Crippen MR) is 118 cm³/mol. The summed E-state index contributed by atoms with van der Waals surface area (Å²) in [6.07, 6.45) is 6.51. The van der Waals surface area contributed by atoms with Crippen LogP contribution in [0.5, 0.6) is 0 Å². The largest absolute Gasteiger partial charge is 0.368 e. The number of imidazole rings is 1. The van der Waals surface area contributed by atoms with Crippen molar-refractivity contribution in [1.29, 1.82) is 0 Å². The average Bonchev–Trinajstić information content (AvgIpc) is 3.15. The van der Waals surface area contributed by atoms with Crippen molar-refractivity contribution in [3.05, 3.63) is 18.2 Å². The number of hydrogen-bond donors (Lipinski definition) is 3. The molecule has 0 aromatic carbocycles. The molecule has 1 heterocycles. The van der Waals surface area contributed by atoms with Gasteiger partial charge in [-0.1, -0.05) is 13.8 Å². The molecule has 9 heteroatoms. The highest BCUT2D eigenvalue weighted by atomic mass is 32.2. The number of Topliss-reactive ketones (excluding diaryl/α,β-unsaturated/α-hetero) is 2. The van der Waals surface area contributed by atoms with Crippen molar-refractivity contribution in [1.82, 2.24) is 15.3 Å². The number of ketones is 2. The number of hydrogen-bond acceptors (Lipinski definition) is 6. The summed E-state index contributed by atoms with van der Waals surface area (Å²) in [5, 5.41) is 2.73. The highest BCUT2D eigenvalue weighted by Crippen LogP contribution is 2.22. The maximum Gasteiger partial charge on any atom is 0.240 e. The molecule has 4 N–H and O–H groups in total. The Bertz CT molecular complexity index is 706. The number of aromatic nitrogens is 2. The molecule has 30 heavy (non-hydrogen) atoms. The van der Waals surface area contributed by atoms with Crippen LogP contribution in [0.25, 0.3) is 0 Å². The van der Waals surface area contributed by atoms with Gasteiger partial charge in [0.25, 0.3) is 0 Å².